The molecule has 0 aliphatic carbocycles. The number of benzene rings is 4. The molecule has 54 heavy (non-hydrogen) atoms. The number of nitrogens with zero attached hydrogens (tertiary/aromatic N) is 8. The summed E-state index contributed by atoms with van der Waals surface area (Å²) in [4.78, 5) is 47.4. The van der Waals surface area contributed by atoms with Gasteiger partial charge in [-0.15, -0.1) is 0 Å². The summed E-state index contributed by atoms with van der Waals surface area (Å²) in [5, 5.41) is 12.9. The van der Waals surface area contributed by atoms with Crippen LogP contribution < -0.4 is 19.3 Å². The standard InChI is InChI=1S/C42H36N8O3.Zn/c1-41(2,3)22-15-17-26-30(19-22)36-46-34(26)44-32-24-11-7-8-12-25(24)33(43-32)45-35-27-18-16-23(53-21-42(4,5)40(51)52)20-31(27)37(47-35)49-39-29-14-10-9-13-28(29)38(48-36)50(39)6;/h7-20H,21H2,1-6H3,(H2,43,44,45,46,47,48,49,51,52);/q;+2/p-1. The van der Waals surface area contributed by atoms with Crippen molar-refractivity contribution >= 4 is 50.1 Å². The molecule has 3 aromatic heterocycles. The average Bonchev–Trinajstić information content (AvgIpc) is 3.84. The first-order valence-corrected chi connectivity index (χ1v) is 17.4. The van der Waals surface area contributed by atoms with E-state index >= 15 is 0 Å². The summed E-state index contributed by atoms with van der Waals surface area (Å²) >= 11 is 0. The van der Waals surface area contributed by atoms with Crippen LogP contribution in [0.2, 0.25) is 0 Å². The maximum atomic E-state index is 11.8. The Hall–Kier alpha value is -5.87. The number of aromatic nitrogens is 8. The molecule has 0 radical (unpaired) electrons. The molecule has 0 fully saturated rings. The van der Waals surface area contributed by atoms with Crippen molar-refractivity contribution < 1.29 is 38.7 Å². The van der Waals surface area contributed by atoms with Gasteiger partial charge in [0.15, 0.2) is 0 Å². The second-order valence-electron chi connectivity index (χ2n) is 15.2. The first-order chi connectivity index (χ1) is 25.4. The molecule has 0 saturated carbocycles. The van der Waals surface area contributed by atoms with Gasteiger partial charge in [0.25, 0.3) is 0 Å². The van der Waals surface area contributed by atoms with Gasteiger partial charge >= 0.3 is 25.4 Å². The fourth-order valence-electron chi connectivity index (χ4n) is 6.76. The van der Waals surface area contributed by atoms with E-state index in [9.17, 15) is 9.90 Å². The third-order valence-corrected chi connectivity index (χ3v) is 9.95. The van der Waals surface area contributed by atoms with Crippen LogP contribution in [0, 0.1) is 5.41 Å². The van der Waals surface area contributed by atoms with Gasteiger partial charge in [-0.1, -0.05) is 81.4 Å². The van der Waals surface area contributed by atoms with E-state index in [0.717, 1.165) is 44.0 Å². The molecule has 12 heteroatoms. The summed E-state index contributed by atoms with van der Waals surface area (Å²) in [6.07, 6.45) is 0. The summed E-state index contributed by atoms with van der Waals surface area (Å²) in [7, 11) is 1.94. The van der Waals surface area contributed by atoms with Crippen LogP contribution in [-0.4, -0.2) is 42.6 Å². The number of carbonyl (C=O) groups is 1. The fraction of sp³-hybridized carbons (Fsp3) is 0.214. The van der Waals surface area contributed by atoms with E-state index in [1.807, 2.05) is 72.3 Å². The Morgan fingerprint density at radius 1 is 0.648 bits per heavy atom. The zero-order valence-electron chi connectivity index (χ0n) is 30.8. The van der Waals surface area contributed by atoms with Gasteiger partial charge in [-0.25, -0.2) is 4.98 Å². The van der Waals surface area contributed by atoms with Crippen molar-refractivity contribution in [3.8, 4) is 51.3 Å². The van der Waals surface area contributed by atoms with Crippen molar-refractivity contribution in [2.45, 2.75) is 40.0 Å². The number of fused-ring (bicyclic) bond motifs is 20. The van der Waals surface area contributed by atoms with Gasteiger partial charge in [-0.05, 0) is 70.6 Å². The summed E-state index contributed by atoms with van der Waals surface area (Å²) in [6, 6.07) is 27.8. The molecule has 0 saturated heterocycles. The molecule has 1 N–H and O–H groups in total. The first kappa shape index (κ1) is 35.2. The van der Waals surface area contributed by atoms with E-state index < -0.39 is 11.4 Å². The molecule has 262 valence electrons. The van der Waals surface area contributed by atoms with Crippen LogP contribution in [0.5, 0.6) is 5.75 Å². The molecular weight excluding hydrogens is 730 g/mol. The molecule has 7 aromatic rings. The van der Waals surface area contributed by atoms with E-state index in [1.54, 1.807) is 19.9 Å². The number of rotatable bonds is 4. The van der Waals surface area contributed by atoms with Crippen molar-refractivity contribution in [3.05, 3.63) is 90.5 Å². The van der Waals surface area contributed by atoms with E-state index in [2.05, 4.69) is 39.0 Å². The normalized spacial score (nSPS) is 12.3. The molecule has 2 aliphatic heterocycles. The molecule has 0 amide bonds. The minimum absolute atomic E-state index is 0. The first-order valence-electron chi connectivity index (χ1n) is 17.4. The molecule has 11 nitrogen and oxygen atoms in total. The molecule has 0 spiro atoms. The van der Waals surface area contributed by atoms with E-state index in [-0.39, 0.29) is 31.5 Å². The summed E-state index contributed by atoms with van der Waals surface area (Å²) in [5.74, 6) is 1.88. The minimum atomic E-state index is -1.08. The summed E-state index contributed by atoms with van der Waals surface area (Å²) in [5.41, 5.74) is 5.42. The van der Waals surface area contributed by atoms with Gasteiger partial charge in [0, 0.05) is 44.8 Å². The van der Waals surface area contributed by atoms with Crippen molar-refractivity contribution in [3.63, 3.8) is 0 Å². The van der Waals surface area contributed by atoms with Gasteiger partial charge in [-0.3, -0.25) is 9.36 Å². The van der Waals surface area contributed by atoms with Crippen LogP contribution in [0.1, 0.15) is 40.2 Å². The van der Waals surface area contributed by atoms with Crippen LogP contribution in [0.15, 0.2) is 84.9 Å². The third-order valence-electron chi connectivity index (χ3n) is 9.95. The van der Waals surface area contributed by atoms with Gasteiger partial charge in [0.05, 0.1) is 24.1 Å². The Balaban J connectivity index is 0.00000413. The quantitative estimate of drug-likeness (QED) is 0.143. The predicted molar refractivity (Wildman–Crippen MR) is 203 cm³/mol. The number of ether oxygens (including phenoxy) is 1. The van der Waals surface area contributed by atoms with E-state index in [1.165, 1.54) is 0 Å². The Kier molecular flexibility index (Phi) is 8.23. The van der Waals surface area contributed by atoms with Crippen molar-refractivity contribution in [2.75, 3.05) is 6.61 Å². The number of carboxylic acid groups (broad SMARTS) is 1. The molecule has 0 unspecified atom stereocenters. The predicted octanol–water partition coefficient (Wildman–Crippen LogP) is 7.34. The van der Waals surface area contributed by atoms with Crippen LogP contribution in [0.3, 0.4) is 0 Å². The molecule has 0 atom stereocenters. The van der Waals surface area contributed by atoms with E-state index in [0.29, 0.717) is 57.0 Å². The minimum Gasteiger partial charge on any atom is -0.492 e. The van der Waals surface area contributed by atoms with Crippen LogP contribution in [0.25, 0.3) is 89.7 Å². The zero-order chi connectivity index (χ0) is 36.8. The Labute approximate surface area is 323 Å². The van der Waals surface area contributed by atoms with Crippen LogP contribution in [-0.2, 0) is 36.7 Å². The second-order valence-corrected chi connectivity index (χ2v) is 15.2. The van der Waals surface area contributed by atoms with Gasteiger partial charge < -0.3 is 39.7 Å². The molecule has 8 bridgehead atoms. The molecular formula is C42H35N8O3Zn+. The number of carboxylic acids is 1. The number of hydrogen-bond donors (Lipinski definition) is 1. The van der Waals surface area contributed by atoms with Crippen molar-refractivity contribution in [1.29, 1.82) is 0 Å². The second kappa shape index (κ2) is 12.6. The fourth-order valence-corrected chi connectivity index (χ4v) is 6.76. The molecule has 2 aliphatic rings. The van der Waals surface area contributed by atoms with Crippen LogP contribution in [0.4, 0.5) is 0 Å². The van der Waals surface area contributed by atoms with Crippen molar-refractivity contribution in [2.24, 2.45) is 12.5 Å². The maximum Gasteiger partial charge on any atom is 2.00 e. The Morgan fingerprint density at radius 3 is 1.65 bits per heavy atom. The monoisotopic (exact) mass is 763 g/mol. The molecule has 9 rings (SSSR count). The number of hydrogen-bond acceptors (Lipinski definition) is 7. The van der Waals surface area contributed by atoms with Gasteiger partial charge in [0.1, 0.15) is 24.0 Å². The summed E-state index contributed by atoms with van der Waals surface area (Å²) in [6.45, 7) is 9.82. The third kappa shape index (κ3) is 5.72. The van der Waals surface area contributed by atoms with E-state index in [4.69, 9.17) is 39.6 Å². The Bertz CT molecular complexity index is 2870. The zero-order valence-corrected chi connectivity index (χ0v) is 33.8. The average molecular weight is 765 g/mol. The molecule has 4 aromatic carbocycles. The number of aliphatic carboxylic acids is 1. The SMILES string of the molecule is C[n+]1c2nc3[n-]c(nc4nc(nc5[n-]c(nc1-c1ccccc1-2)c1cc(C(C)(C)C)ccc51)-c1ccccc1-4)c1ccc(OCC(C)(C)C(=O)O)cc31.[Zn+2]. The van der Waals surface area contributed by atoms with Gasteiger partial charge in [0.2, 0.25) is 0 Å². The molecule has 5 heterocycles. The topological polar surface area (TPSA) is 143 Å². The van der Waals surface area contributed by atoms with Crippen LogP contribution >= 0.6 is 0 Å². The maximum absolute atomic E-state index is 11.8. The van der Waals surface area contributed by atoms with Crippen molar-refractivity contribution in [1.82, 2.24) is 34.9 Å². The smallest absolute Gasteiger partial charge is 0.492 e. The van der Waals surface area contributed by atoms with Gasteiger partial charge in [-0.2, -0.15) is 0 Å². The summed E-state index contributed by atoms with van der Waals surface area (Å²) < 4.78 is 8.00. The largest absolute Gasteiger partial charge is 2.00 e. The Morgan fingerprint density at radius 2 is 1.13 bits per heavy atom.